The normalized spacial score (nSPS) is 16.5. The van der Waals surface area contributed by atoms with E-state index in [1.807, 2.05) is 0 Å². The molecule has 0 saturated heterocycles. The van der Waals surface area contributed by atoms with Gasteiger partial charge in [0.2, 0.25) is 0 Å². The predicted molar refractivity (Wildman–Crippen MR) is 84.1 cm³/mol. The molecule has 18 heavy (non-hydrogen) atoms. The monoisotopic (exact) mass is 255 g/mol. The minimum atomic E-state index is 0.742. The first kappa shape index (κ1) is 18.0. The van der Waals surface area contributed by atoms with Gasteiger partial charge in [-0.1, -0.05) is 66.7 Å². The zero-order valence-corrected chi connectivity index (χ0v) is 13.6. The summed E-state index contributed by atoms with van der Waals surface area (Å²) in [5.74, 6) is 1.76. The standard InChI is InChI=1S/C17H37N/c1-6-10-12-16(9-4)14-17(18-13-8-3)15(5)11-7-2/h15-18H,6-14H2,1-5H3. The largest absolute Gasteiger partial charge is 0.314 e. The summed E-state index contributed by atoms with van der Waals surface area (Å²) < 4.78 is 0. The van der Waals surface area contributed by atoms with Crippen LogP contribution in [0.5, 0.6) is 0 Å². The van der Waals surface area contributed by atoms with Crippen LogP contribution in [-0.2, 0) is 0 Å². The average molecular weight is 255 g/mol. The zero-order chi connectivity index (χ0) is 13.8. The van der Waals surface area contributed by atoms with Gasteiger partial charge in [0.15, 0.2) is 0 Å². The molecule has 0 aromatic heterocycles. The fraction of sp³-hybridized carbons (Fsp3) is 1.00. The van der Waals surface area contributed by atoms with Crippen LogP contribution < -0.4 is 5.32 Å². The maximum Gasteiger partial charge on any atom is 0.00953 e. The molecule has 0 spiro atoms. The third-order valence-corrected chi connectivity index (χ3v) is 4.22. The molecular weight excluding hydrogens is 218 g/mol. The van der Waals surface area contributed by atoms with E-state index in [1.165, 1.54) is 57.9 Å². The van der Waals surface area contributed by atoms with Crippen molar-refractivity contribution in [2.24, 2.45) is 11.8 Å². The Balaban J connectivity index is 4.24. The molecule has 3 atom stereocenters. The first-order valence-corrected chi connectivity index (χ1v) is 8.42. The highest BCUT2D eigenvalue weighted by atomic mass is 14.9. The van der Waals surface area contributed by atoms with E-state index >= 15 is 0 Å². The topological polar surface area (TPSA) is 12.0 Å². The lowest BCUT2D eigenvalue weighted by atomic mass is 9.85. The zero-order valence-electron chi connectivity index (χ0n) is 13.6. The molecule has 1 N–H and O–H groups in total. The first-order valence-electron chi connectivity index (χ1n) is 8.42. The average Bonchev–Trinajstić information content (AvgIpc) is 2.38. The molecule has 0 amide bonds. The van der Waals surface area contributed by atoms with E-state index in [9.17, 15) is 0 Å². The van der Waals surface area contributed by atoms with Crippen molar-refractivity contribution >= 4 is 0 Å². The van der Waals surface area contributed by atoms with Gasteiger partial charge in [-0.15, -0.1) is 0 Å². The summed E-state index contributed by atoms with van der Waals surface area (Å²) in [5.41, 5.74) is 0. The van der Waals surface area contributed by atoms with Gasteiger partial charge in [-0.25, -0.2) is 0 Å². The van der Waals surface area contributed by atoms with Crippen LogP contribution in [0.1, 0.15) is 86.0 Å². The molecule has 0 radical (unpaired) electrons. The van der Waals surface area contributed by atoms with Gasteiger partial charge in [-0.05, 0) is 37.6 Å². The quantitative estimate of drug-likeness (QED) is 0.492. The molecule has 0 aliphatic rings. The minimum absolute atomic E-state index is 0.742. The lowest BCUT2D eigenvalue weighted by Crippen LogP contribution is -2.37. The van der Waals surface area contributed by atoms with E-state index in [1.54, 1.807) is 0 Å². The van der Waals surface area contributed by atoms with E-state index in [0.29, 0.717) is 0 Å². The second-order valence-electron chi connectivity index (χ2n) is 5.98. The first-order chi connectivity index (χ1) is 8.69. The van der Waals surface area contributed by atoms with Gasteiger partial charge in [0.05, 0.1) is 0 Å². The van der Waals surface area contributed by atoms with Crippen molar-refractivity contribution in [3.63, 3.8) is 0 Å². The van der Waals surface area contributed by atoms with Crippen molar-refractivity contribution < 1.29 is 0 Å². The van der Waals surface area contributed by atoms with Crippen LogP contribution >= 0.6 is 0 Å². The Kier molecular flexibility index (Phi) is 12.0. The van der Waals surface area contributed by atoms with Crippen LogP contribution in [0.2, 0.25) is 0 Å². The predicted octanol–water partition coefficient (Wildman–Crippen LogP) is 5.40. The summed E-state index contributed by atoms with van der Waals surface area (Å²) in [5, 5.41) is 3.80. The maximum atomic E-state index is 3.80. The summed E-state index contributed by atoms with van der Waals surface area (Å²) in [6.45, 7) is 12.9. The van der Waals surface area contributed by atoms with Gasteiger partial charge in [0.25, 0.3) is 0 Å². The van der Waals surface area contributed by atoms with E-state index in [-0.39, 0.29) is 0 Å². The molecule has 0 aliphatic carbocycles. The number of unbranched alkanes of at least 4 members (excludes halogenated alkanes) is 1. The van der Waals surface area contributed by atoms with Gasteiger partial charge >= 0.3 is 0 Å². The van der Waals surface area contributed by atoms with Gasteiger partial charge < -0.3 is 5.32 Å². The smallest absolute Gasteiger partial charge is 0.00953 e. The number of hydrogen-bond donors (Lipinski definition) is 1. The summed E-state index contributed by atoms with van der Waals surface area (Å²) in [6.07, 6.45) is 10.8. The van der Waals surface area contributed by atoms with Crippen molar-refractivity contribution in [3.05, 3.63) is 0 Å². The fourth-order valence-electron chi connectivity index (χ4n) is 2.84. The molecule has 0 aromatic carbocycles. The number of hydrogen-bond acceptors (Lipinski definition) is 1. The SMILES string of the molecule is CCCCC(CC)CC(NCCC)C(C)CCC. The molecule has 0 aromatic rings. The van der Waals surface area contributed by atoms with E-state index in [2.05, 4.69) is 39.9 Å². The summed E-state index contributed by atoms with van der Waals surface area (Å²) >= 11 is 0. The fourth-order valence-corrected chi connectivity index (χ4v) is 2.84. The van der Waals surface area contributed by atoms with Crippen LogP contribution in [0, 0.1) is 11.8 Å². The van der Waals surface area contributed by atoms with Crippen LogP contribution in [-0.4, -0.2) is 12.6 Å². The van der Waals surface area contributed by atoms with Crippen molar-refractivity contribution in [2.75, 3.05) is 6.54 Å². The molecule has 1 heteroatoms. The van der Waals surface area contributed by atoms with Crippen LogP contribution in [0.3, 0.4) is 0 Å². The number of nitrogens with one attached hydrogen (secondary N) is 1. The summed E-state index contributed by atoms with van der Waals surface area (Å²) in [7, 11) is 0. The molecule has 0 rings (SSSR count). The van der Waals surface area contributed by atoms with Gasteiger partial charge in [0, 0.05) is 6.04 Å². The Morgan fingerprint density at radius 1 is 0.889 bits per heavy atom. The van der Waals surface area contributed by atoms with Gasteiger partial charge in [0.1, 0.15) is 0 Å². The highest BCUT2D eigenvalue weighted by molar-refractivity contribution is 4.76. The Bertz CT molecular complexity index is 167. The molecule has 0 saturated carbocycles. The Morgan fingerprint density at radius 2 is 1.61 bits per heavy atom. The second kappa shape index (κ2) is 12.0. The molecule has 1 nitrogen and oxygen atoms in total. The van der Waals surface area contributed by atoms with Crippen molar-refractivity contribution in [1.29, 1.82) is 0 Å². The lowest BCUT2D eigenvalue weighted by molar-refractivity contribution is 0.276. The Hall–Kier alpha value is -0.0400. The van der Waals surface area contributed by atoms with E-state index in [0.717, 1.165) is 17.9 Å². The van der Waals surface area contributed by atoms with Gasteiger partial charge in [-0.2, -0.15) is 0 Å². The molecule has 0 bridgehead atoms. The van der Waals surface area contributed by atoms with Crippen LogP contribution in [0.15, 0.2) is 0 Å². The maximum absolute atomic E-state index is 3.80. The summed E-state index contributed by atoms with van der Waals surface area (Å²) in [4.78, 5) is 0. The third kappa shape index (κ3) is 8.13. The molecule has 0 fully saturated rings. The minimum Gasteiger partial charge on any atom is -0.314 e. The van der Waals surface area contributed by atoms with E-state index in [4.69, 9.17) is 0 Å². The lowest BCUT2D eigenvalue weighted by Gasteiger charge is -2.29. The Labute approximate surface area is 116 Å². The van der Waals surface area contributed by atoms with Crippen molar-refractivity contribution in [2.45, 2.75) is 92.0 Å². The molecule has 0 aliphatic heterocycles. The van der Waals surface area contributed by atoms with Crippen LogP contribution in [0.25, 0.3) is 0 Å². The van der Waals surface area contributed by atoms with Crippen LogP contribution in [0.4, 0.5) is 0 Å². The van der Waals surface area contributed by atoms with Crippen molar-refractivity contribution in [3.8, 4) is 0 Å². The third-order valence-electron chi connectivity index (χ3n) is 4.22. The molecule has 0 heterocycles. The highest BCUT2D eigenvalue weighted by Crippen LogP contribution is 2.23. The summed E-state index contributed by atoms with van der Waals surface area (Å²) in [6, 6.07) is 0.742. The Morgan fingerprint density at radius 3 is 2.11 bits per heavy atom. The van der Waals surface area contributed by atoms with Gasteiger partial charge in [-0.3, -0.25) is 0 Å². The molecule has 3 unspecified atom stereocenters. The van der Waals surface area contributed by atoms with Crippen molar-refractivity contribution in [1.82, 2.24) is 5.32 Å². The number of rotatable bonds is 12. The highest BCUT2D eigenvalue weighted by Gasteiger charge is 2.19. The molecule has 110 valence electrons. The molecular formula is C17H37N. The second-order valence-corrected chi connectivity index (χ2v) is 5.98. The van der Waals surface area contributed by atoms with E-state index < -0.39 is 0 Å².